The molecule has 5 heteroatoms. The van der Waals surface area contributed by atoms with Gasteiger partial charge in [0.2, 0.25) is 0 Å². The van der Waals surface area contributed by atoms with Gasteiger partial charge in [0, 0.05) is 12.1 Å². The number of nitrogens with zero attached hydrogens (tertiary/aromatic N) is 2. The second-order valence-corrected chi connectivity index (χ2v) is 8.55. The number of aliphatic imine (C=N–C) groups is 1. The van der Waals surface area contributed by atoms with Gasteiger partial charge in [0.25, 0.3) is 5.91 Å². The number of amidine groups is 1. The molecule has 0 spiro atoms. The summed E-state index contributed by atoms with van der Waals surface area (Å²) in [6.07, 6.45) is 2.86. The molecule has 0 aliphatic carbocycles. The first-order valence-corrected chi connectivity index (χ1v) is 10.9. The average Bonchev–Trinajstić information content (AvgIpc) is 2.97. The van der Waals surface area contributed by atoms with Crippen molar-refractivity contribution in [3.8, 4) is 5.75 Å². The van der Waals surface area contributed by atoms with Crippen molar-refractivity contribution >= 4 is 34.6 Å². The van der Waals surface area contributed by atoms with Gasteiger partial charge in [0.05, 0.1) is 17.2 Å². The topological polar surface area (TPSA) is 41.9 Å². The van der Waals surface area contributed by atoms with Gasteiger partial charge < -0.3 is 4.74 Å². The van der Waals surface area contributed by atoms with Gasteiger partial charge in [-0.15, -0.1) is 0 Å². The Hall–Kier alpha value is -2.53. The minimum atomic E-state index is -0.000133. The Bertz CT molecular complexity index is 917. The first-order valence-electron chi connectivity index (χ1n) is 10.1. The third-order valence-corrected chi connectivity index (χ3v) is 5.37. The fourth-order valence-electron chi connectivity index (χ4n) is 2.93. The molecule has 2 aromatic carbocycles. The molecule has 3 rings (SSSR count). The number of hydrogen-bond donors (Lipinski definition) is 0. The van der Waals surface area contributed by atoms with Crippen LogP contribution in [0.2, 0.25) is 0 Å². The number of benzene rings is 2. The summed E-state index contributed by atoms with van der Waals surface area (Å²) >= 11 is 1.43. The van der Waals surface area contributed by atoms with E-state index < -0.39 is 0 Å². The van der Waals surface area contributed by atoms with Gasteiger partial charge in [-0.1, -0.05) is 56.7 Å². The molecule has 2 aromatic rings. The maximum Gasteiger partial charge on any atom is 0.266 e. The molecular weight excluding hydrogens is 380 g/mol. The van der Waals surface area contributed by atoms with Crippen molar-refractivity contribution in [3.05, 3.63) is 64.6 Å². The van der Waals surface area contributed by atoms with Gasteiger partial charge in [-0.2, -0.15) is 0 Å². The fourth-order valence-corrected chi connectivity index (χ4v) is 3.93. The van der Waals surface area contributed by atoms with Gasteiger partial charge in [-0.3, -0.25) is 9.69 Å². The number of carbonyl (C=O) groups is 1. The molecule has 4 nitrogen and oxygen atoms in total. The van der Waals surface area contributed by atoms with Gasteiger partial charge in [-0.25, -0.2) is 4.99 Å². The van der Waals surface area contributed by atoms with Crippen LogP contribution in [0.5, 0.6) is 5.75 Å². The van der Waals surface area contributed by atoms with Gasteiger partial charge >= 0.3 is 0 Å². The van der Waals surface area contributed by atoms with Crippen LogP contribution in [-0.2, 0) is 4.79 Å². The van der Waals surface area contributed by atoms with Crippen molar-refractivity contribution in [1.82, 2.24) is 4.90 Å². The van der Waals surface area contributed by atoms with E-state index in [2.05, 4.69) is 27.7 Å². The number of aryl methyl sites for hydroxylation is 1. The zero-order chi connectivity index (χ0) is 20.8. The standard InChI is InChI=1S/C24H28N2O2S/c1-5-14-28-21-9-7-6-8-19(21)15-22-23(27)26(16-17(2)3)24(29-22)25-20-12-10-18(4)11-13-20/h6-13,15,17H,5,14,16H2,1-4H3/b22-15+,25-24?. The SMILES string of the molecule is CCCOc1ccccc1/C=C1/SC(=Nc2ccc(C)cc2)N(CC(C)C)C1=O. The predicted molar refractivity (Wildman–Crippen MR) is 123 cm³/mol. The van der Waals surface area contributed by atoms with Crippen LogP contribution < -0.4 is 4.74 Å². The van der Waals surface area contributed by atoms with Crippen molar-refractivity contribution in [2.75, 3.05) is 13.2 Å². The minimum absolute atomic E-state index is 0.000133. The fraction of sp³-hybridized carbons (Fsp3) is 0.333. The van der Waals surface area contributed by atoms with E-state index in [1.807, 2.05) is 54.6 Å². The Morgan fingerprint density at radius 1 is 1.14 bits per heavy atom. The van der Waals surface area contributed by atoms with Crippen LogP contribution in [0.4, 0.5) is 5.69 Å². The molecule has 1 fully saturated rings. The Morgan fingerprint density at radius 2 is 1.86 bits per heavy atom. The summed E-state index contributed by atoms with van der Waals surface area (Å²) in [6.45, 7) is 9.64. The normalized spacial score (nSPS) is 17.0. The Balaban J connectivity index is 1.94. The minimum Gasteiger partial charge on any atom is -0.493 e. The number of ether oxygens (including phenoxy) is 1. The van der Waals surface area contributed by atoms with Gasteiger partial charge in [0.15, 0.2) is 5.17 Å². The van der Waals surface area contributed by atoms with Crippen LogP contribution in [0.3, 0.4) is 0 Å². The maximum atomic E-state index is 13.1. The lowest BCUT2D eigenvalue weighted by Gasteiger charge is -2.17. The third-order valence-electron chi connectivity index (χ3n) is 4.36. The van der Waals surface area contributed by atoms with E-state index in [-0.39, 0.29) is 5.91 Å². The van der Waals surface area contributed by atoms with Crippen LogP contribution >= 0.6 is 11.8 Å². The largest absolute Gasteiger partial charge is 0.493 e. The Labute approximate surface area is 177 Å². The Kier molecular flexibility index (Phi) is 7.15. The number of carbonyl (C=O) groups excluding carboxylic acids is 1. The molecule has 152 valence electrons. The van der Waals surface area contributed by atoms with Crippen LogP contribution in [0.1, 0.15) is 38.3 Å². The molecule has 0 radical (unpaired) electrons. The van der Waals surface area contributed by atoms with Crippen molar-refractivity contribution in [2.24, 2.45) is 10.9 Å². The highest BCUT2D eigenvalue weighted by molar-refractivity contribution is 8.18. The summed E-state index contributed by atoms with van der Waals surface area (Å²) in [4.78, 5) is 20.4. The predicted octanol–water partition coefficient (Wildman–Crippen LogP) is 6.04. The highest BCUT2D eigenvalue weighted by Gasteiger charge is 2.33. The lowest BCUT2D eigenvalue weighted by atomic mass is 10.1. The average molecular weight is 409 g/mol. The first-order chi connectivity index (χ1) is 14.0. The zero-order valence-electron chi connectivity index (χ0n) is 17.5. The number of rotatable bonds is 7. The molecule has 0 N–H and O–H groups in total. The van der Waals surface area contributed by atoms with E-state index in [1.54, 1.807) is 4.90 Å². The number of hydrogen-bond acceptors (Lipinski definition) is 4. The number of thioether (sulfide) groups is 1. The molecule has 0 atom stereocenters. The zero-order valence-corrected chi connectivity index (χ0v) is 18.3. The van der Waals surface area contributed by atoms with Gasteiger partial charge in [-0.05, 0) is 55.3 Å². The van der Waals surface area contributed by atoms with Gasteiger partial charge in [0.1, 0.15) is 5.75 Å². The lowest BCUT2D eigenvalue weighted by molar-refractivity contribution is -0.122. The van der Waals surface area contributed by atoms with Crippen molar-refractivity contribution < 1.29 is 9.53 Å². The van der Waals surface area contributed by atoms with E-state index in [1.165, 1.54) is 17.3 Å². The molecule has 1 amide bonds. The van der Waals surface area contributed by atoms with Crippen LogP contribution in [-0.4, -0.2) is 29.1 Å². The first kappa shape index (κ1) is 21.2. The molecule has 1 saturated heterocycles. The van der Waals surface area contributed by atoms with E-state index in [0.717, 1.165) is 28.6 Å². The second-order valence-electron chi connectivity index (χ2n) is 7.54. The summed E-state index contributed by atoms with van der Waals surface area (Å²) in [5, 5.41) is 0.728. The maximum absolute atomic E-state index is 13.1. The molecule has 29 heavy (non-hydrogen) atoms. The Morgan fingerprint density at radius 3 is 2.55 bits per heavy atom. The molecule has 0 bridgehead atoms. The quantitative estimate of drug-likeness (QED) is 0.524. The highest BCUT2D eigenvalue weighted by Crippen LogP contribution is 2.36. The number of amides is 1. The number of para-hydroxylation sites is 1. The van der Waals surface area contributed by atoms with Crippen LogP contribution in [0.15, 0.2) is 58.4 Å². The monoisotopic (exact) mass is 408 g/mol. The third kappa shape index (κ3) is 5.51. The van der Waals surface area contributed by atoms with E-state index in [0.29, 0.717) is 24.0 Å². The summed E-state index contributed by atoms with van der Waals surface area (Å²) in [5.41, 5.74) is 2.96. The molecule has 1 heterocycles. The van der Waals surface area contributed by atoms with Crippen LogP contribution in [0.25, 0.3) is 6.08 Å². The van der Waals surface area contributed by atoms with E-state index in [9.17, 15) is 4.79 Å². The summed E-state index contributed by atoms with van der Waals surface area (Å²) in [6, 6.07) is 15.9. The smallest absolute Gasteiger partial charge is 0.266 e. The summed E-state index contributed by atoms with van der Waals surface area (Å²) in [7, 11) is 0. The summed E-state index contributed by atoms with van der Waals surface area (Å²) < 4.78 is 5.85. The molecule has 1 aliphatic heterocycles. The van der Waals surface area contributed by atoms with Crippen molar-refractivity contribution in [3.63, 3.8) is 0 Å². The summed E-state index contributed by atoms with van der Waals surface area (Å²) in [5.74, 6) is 1.15. The molecule has 0 unspecified atom stereocenters. The lowest BCUT2D eigenvalue weighted by Crippen LogP contribution is -2.32. The molecular formula is C24H28N2O2S. The van der Waals surface area contributed by atoms with Crippen molar-refractivity contribution in [1.29, 1.82) is 0 Å². The molecule has 0 saturated carbocycles. The van der Waals surface area contributed by atoms with E-state index in [4.69, 9.17) is 9.73 Å². The van der Waals surface area contributed by atoms with Crippen LogP contribution in [0, 0.1) is 12.8 Å². The molecule has 0 aromatic heterocycles. The highest BCUT2D eigenvalue weighted by atomic mass is 32.2. The van der Waals surface area contributed by atoms with E-state index >= 15 is 0 Å². The van der Waals surface area contributed by atoms with Crippen molar-refractivity contribution in [2.45, 2.75) is 34.1 Å². The molecule has 1 aliphatic rings. The second kappa shape index (κ2) is 9.79.